The lowest BCUT2D eigenvalue weighted by molar-refractivity contribution is 0.0594. The second-order valence-electron chi connectivity index (χ2n) is 4.43. The number of rotatable bonds is 5. The van der Waals surface area contributed by atoms with Crippen LogP contribution in [0.15, 0.2) is 18.3 Å². The topological polar surface area (TPSA) is 63.2 Å². The van der Waals surface area contributed by atoms with Gasteiger partial charge in [0, 0.05) is 24.5 Å². The molecule has 98 valence electrons. The number of carbonyl (C=O) groups excluding carboxylic acids is 1. The lowest BCUT2D eigenvalue weighted by Crippen LogP contribution is -2.24. The molecule has 18 heavy (non-hydrogen) atoms. The highest BCUT2D eigenvalue weighted by atomic mass is 16.5. The number of aromatic nitrogens is 1. The fourth-order valence-corrected chi connectivity index (χ4v) is 2.15. The minimum absolute atomic E-state index is 0.335. The number of nitrogens with zero attached hydrogens (tertiary/aromatic N) is 1. The molecule has 0 unspecified atom stereocenters. The van der Waals surface area contributed by atoms with Crippen LogP contribution in [-0.2, 0) is 4.74 Å². The second-order valence-corrected chi connectivity index (χ2v) is 4.43. The van der Waals surface area contributed by atoms with Crippen molar-refractivity contribution in [1.29, 1.82) is 0 Å². The van der Waals surface area contributed by atoms with E-state index >= 15 is 0 Å². The van der Waals surface area contributed by atoms with Gasteiger partial charge in [0.25, 0.3) is 0 Å². The van der Waals surface area contributed by atoms with Crippen molar-refractivity contribution in [2.75, 3.05) is 25.5 Å². The van der Waals surface area contributed by atoms with Crippen molar-refractivity contribution < 1.29 is 9.53 Å². The molecule has 0 aliphatic carbocycles. The first-order valence-corrected chi connectivity index (χ1v) is 6.31. The molecule has 2 N–H and O–H groups in total. The maximum absolute atomic E-state index is 11.3. The number of methoxy groups -OCH3 is 1. The number of hydrogen-bond acceptors (Lipinski definition) is 5. The summed E-state index contributed by atoms with van der Waals surface area (Å²) in [5.74, 6) is -0.406. The Hall–Kier alpha value is -1.62. The van der Waals surface area contributed by atoms with Crippen LogP contribution in [0.3, 0.4) is 0 Å². The molecule has 1 aliphatic heterocycles. The van der Waals surface area contributed by atoms with Crippen molar-refractivity contribution in [3.8, 4) is 0 Å². The van der Waals surface area contributed by atoms with Crippen LogP contribution >= 0.6 is 0 Å². The van der Waals surface area contributed by atoms with E-state index in [1.165, 1.54) is 20.0 Å². The van der Waals surface area contributed by atoms with E-state index in [-0.39, 0.29) is 0 Å². The zero-order valence-corrected chi connectivity index (χ0v) is 10.6. The molecule has 1 saturated heterocycles. The van der Waals surface area contributed by atoms with E-state index < -0.39 is 5.97 Å². The lowest BCUT2D eigenvalue weighted by Gasteiger charge is -2.11. The normalized spacial score (nSPS) is 18.6. The van der Waals surface area contributed by atoms with Crippen LogP contribution in [0.2, 0.25) is 0 Å². The Balaban J connectivity index is 1.83. The van der Waals surface area contributed by atoms with E-state index in [2.05, 4.69) is 20.4 Å². The third-order valence-electron chi connectivity index (χ3n) is 3.14. The van der Waals surface area contributed by atoms with E-state index in [1.54, 1.807) is 12.3 Å². The minimum Gasteiger partial charge on any atom is -0.464 e. The first kappa shape index (κ1) is 12.8. The summed E-state index contributed by atoms with van der Waals surface area (Å²) in [6.07, 6.45) is 5.23. The molecule has 1 aromatic heterocycles. The molecule has 2 heterocycles. The van der Waals surface area contributed by atoms with Crippen molar-refractivity contribution in [3.05, 3.63) is 24.0 Å². The van der Waals surface area contributed by atoms with E-state index in [4.69, 9.17) is 0 Å². The van der Waals surface area contributed by atoms with Gasteiger partial charge in [-0.05, 0) is 37.9 Å². The first-order chi connectivity index (χ1) is 8.79. The quantitative estimate of drug-likeness (QED) is 0.773. The van der Waals surface area contributed by atoms with Crippen LogP contribution in [0.25, 0.3) is 0 Å². The van der Waals surface area contributed by atoms with Crippen LogP contribution in [0.5, 0.6) is 0 Å². The average Bonchev–Trinajstić information content (AvgIpc) is 2.91. The highest BCUT2D eigenvalue weighted by molar-refractivity contribution is 5.88. The molecule has 0 spiro atoms. The van der Waals surface area contributed by atoms with Gasteiger partial charge in [-0.1, -0.05) is 0 Å². The first-order valence-electron chi connectivity index (χ1n) is 6.31. The van der Waals surface area contributed by atoms with Crippen LogP contribution in [0.4, 0.5) is 5.69 Å². The van der Waals surface area contributed by atoms with Crippen LogP contribution in [0.1, 0.15) is 29.8 Å². The Morgan fingerprint density at radius 1 is 1.67 bits per heavy atom. The number of pyridine rings is 1. The largest absolute Gasteiger partial charge is 0.464 e. The van der Waals surface area contributed by atoms with Crippen molar-refractivity contribution >= 4 is 11.7 Å². The van der Waals surface area contributed by atoms with Crippen molar-refractivity contribution in [2.45, 2.75) is 25.3 Å². The molecule has 1 fully saturated rings. The average molecular weight is 249 g/mol. The summed E-state index contributed by atoms with van der Waals surface area (Å²) in [6, 6.07) is 4.20. The molecule has 0 amide bonds. The zero-order valence-electron chi connectivity index (χ0n) is 10.6. The molecule has 0 aromatic carbocycles. The third kappa shape index (κ3) is 3.43. The summed E-state index contributed by atoms with van der Waals surface area (Å²) in [6.45, 7) is 2.02. The van der Waals surface area contributed by atoms with Crippen LogP contribution in [0, 0.1) is 0 Å². The summed E-state index contributed by atoms with van der Waals surface area (Å²) in [5, 5.41) is 6.76. The van der Waals surface area contributed by atoms with Gasteiger partial charge in [0.15, 0.2) is 0 Å². The van der Waals surface area contributed by atoms with E-state index in [9.17, 15) is 4.79 Å². The maximum Gasteiger partial charge on any atom is 0.356 e. The lowest BCUT2D eigenvalue weighted by atomic mass is 10.1. The number of nitrogens with one attached hydrogen (secondary N) is 2. The van der Waals surface area contributed by atoms with Gasteiger partial charge in [-0.25, -0.2) is 9.78 Å². The molecule has 1 atom stereocenters. The van der Waals surface area contributed by atoms with E-state index in [0.717, 1.165) is 25.2 Å². The number of anilines is 1. The minimum atomic E-state index is -0.406. The van der Waals surface area contributed by atoms with Gasteiger partial charge in [0.05, 0.1) is 7.11 Å². The molecule has 1 aromatic rings. The van der Waals surface area contributed by atoms with Crippen molar-refractivity contribution in [2.24, 2.45) is 0 Å². The van der Waals surface area contributed by atoms with Crippen molar-refractivity contribution in [3.63, 3.8) is 0 Å². The Morgan fingerprint density at radius 3 is 3.28 bits per heavy atom. The summed E-state index contributed by atoms with van der Waals surface area (Å²) >= 11 is 0. The second kappa shape index (κ2) is 6.35. The SMILES string of the molecule is COC(=O)c1cc(NCC[C@@H]2CCCN2)ccn1. The summed E-state index contributed by atoms with van der Waals surface area (Å²) in [5.41, 5.74) is 1.24. The van der Waals surface area contributed by atoms with E-state index in [1.807, 2.05) is 6.07 Å². The summed E-state index contributed by atoms with van der Waals surface area (Å²) < 4.78 is 4.64. The third-order valence-corrected chi connectivity index (χ3v) is 3.14. The monoisotopic (exact) mass is 249 g/mol. The van der Waals surface area contributed by atoms with Crippen molar-refractivity contribution in [1.82, 2.24) is 10.3 Å². The van der Waals surface area contributed by atoms with Gasteiger partial charge in [-0.2, -0.15) is 0 Å². The van der Waals surface area contributed by atoms with Crippen LogP contribution < -0.4 is 10.6 Å². The van der Waals surface area contributed by atoms with Crippen LogP contribution in [-0.4, -0.2) is 37.2 Å². The molecule has 0 saturated carbocycles. The number of esters is 1. The van der Waals surface area contributed by atoms with E-state index in [0.29, 0.717) is 11.7 Å². The molecule has 5 nitrogen and oxygen atoms in total. The van der Waals surface area contributed by atoms with Gasteiger partial charge in [-0.3, -0.25) is 0 Å². The van der Waals surface area contributed by atoms with Gasteiger partial charge in [0.2, 0.25) is 0 Å². The van der Waals surface area contributed by atoms with Gasteiger partial charge in [0.1, 0.15) is 5.69 Å². The molecule has 0 bridgehead atoms. The summed E-state index contributed by atoms with van der Waals surface area (Å²) in [4.78, 5) is 15.3. The highest BCUT2D eigenvalue weighted by Crippen LogP contribution is 2.11. The molecule has 5 heteroatoms. The Labute approximate surface area is 107 Å². The molecule has 2 rings (SSSR count). The van der Waals surface area contributed by atoms with Gasteiger partial charge < -0.3 is 15.4 Å². The fraction of sp³-hybridized carbons (Fsp3) is 0.538. The molecule has 1 aliphatic rings. The Bertz CT molecular complexity index is 403. The predicted molar refractivity (Wildman–Crippen MR) is 69.7 cm³/mol. The van der Waals surface area contributed by atoms with Gasteiger partial charge in [-0.15, -0.1) is 0 Å². The fourth-order valence-electron chi connectivity index (χ4n) is 2.15. The Morgan fingerprint density at radius 2 is 2.56 bits per heavy atom. The number of ether oxygens (including phenoxy) is 1. The zero-order chi connectivity index (χ0) is 12.8. The number of hydrogen-bond donors (Lipinski definition) is 2. The summed E-state index contributed by atoms with van der Waals surface area (Å²) in [7, 11) is 1.36. The highest BCUT2D eigenvalue weighted by Gasteiger charge is 2.13. The number of carbonyl (C=O) groups is 1. The molecular formula is C13H19N3O2. The molecule has 0 radical (unpaired) electrons. The Kier molecular flexibility index (Phi) is 4.52. The predicted octanol–water partition coefficient (Wildman–Crippen LogP) is 1.42. The molecular weight excluding hydrogens is 230 g/mol. The maximum atomic E-state index is 11.3. The van der Waals surface area contributed by atoms with Gasteiger partial charge >= 0.3 is 5.97 Å². The smallest absolute Gasteiger partial charge is 0.356 e. The standard InChI is InChI=1S/C13H19N3O2/c1-18-13(17)12-9-11(5-8-16-12)15-7-4-10-3-2-6-14-10/h5,8-10,14H,2-4,6-7H2,1H3,(H,15,16)/t10-/m0/s1.